The van der Waals surface area contributed by atoms with Crippen LogP contribution in [0.3, 0.4) is 0 Å². The number of pyridine rings is 1. The van der Waals surface area contributed by atoms with Gasteiger partial charge in [-0.15, -0.1) is 0 Å². The molecule has 7 nitrogen and oxygen atoms in total. The maximum absolute atomic E-state index is 7.94. The third-order valence-electron chi connectivity index (χ3n) is 6.77. The average Bonchev–Trinajstić information content (AvgIpc) is 3.48. The number of fused-ring (bicyclic) bond motifs is 6. The Labute approximate surface area is 227 Å². The minimum Gasteiger partial charge on any atom is -0.355 e. The number of nitrogens with one attached hydrogen (secondary N) is 2. The highest BCUT2D eigenvalue weighted by atomic mass is 15.3. The molecular formula is C32H27N7. The number of aromatic nitrogens is 2. The van der Waals surface area contributed by atoms with Crippen molar-refractivity contribution >= 4 is 58.3 Å². The summed E-state index contributed by atoms with van der Waals surface area (Å²) in [6.07, 6.45) is 4.41. The Morgan fingerprint density at radius 1 is 0.949 bits per heavy atom. The van der Waals surface area contributed by atoms with Gasteiger partial charge in [-0.1, -0.05) is 72.3 Å². The largest absolute Gasteiger partial charge is 0.355 e. The molecule has 39 heavy (non-hydrogen) atoms. The smallest absolute Gasteiger partial charge is 0.164 e. The van der Waals surface area contributed by atoms with E-state index in [1.165, 1.54) is 11.8 Å². The molecule has 7 heteroatoms. The second-order valence-corrected chi connectivity index (χ2v) is 9.21. The first kappa shape index (κ1) is 24.1. The second kappa shape index (κ2) is 10.2. The van der Waals surface area contributed by atoms with E-state index in [-0.39, 0.29) is 6.17 Å². The number of aliphatic imine (C=N–C) groups is 2. The van der Waals surface area contributed by atoms with Gasteiger partial charge in [-0.05, 0) is 44.0 Å². The molecule has 0 amide bonds. The van der Waals surface area contributed by atoms with Crippen molar-refractivity contribution in [2.45, 2.75) is 13.1 Å². The zero-order chi connectivity index (χ0) is 26.8. The minimum absolute atomic E-state index is 0.173. The molecule has 1 unspecified atom stereocenters. The molecule has 3 aromatic carbocycles. The highest BCUT2D eigenvalue weighted by molar-refractivity contribution is 6.21. The summed E-state index contributed by atoms with van der Waals surface area (Å²) in [4.78, 5) is 15.9. The Balaban J connectivity index is 0.000000346. The van der Waals surface area contributed by atoms with Gasteiger partial charge < -0.3 is 15.6 Å². The van der Waals surface area contributed by atoms with E-state index >= 15 is 0 Å². The molecule has 0 saturated carbocycles. The van der Waals surface area contributed by atoms with Crippen molar-refractivity contribution in [3.63, 3.8) is 0 Å². The number of hydrogen-bond donors (Lipinski definition) is 2. The number of benzene rings is 3. The predicted octanol–water partition coefficient (Wildman–Crippen LogP) is 7.20. The molecule has 7 rings (SSSR count). The molecule has 0 aliphatic carbocycles. The molecule has 1 atom stereocenters. The quantitative estimate of drug-likeness (QED) is 0.251. The summed E-state index contributed by atoms with van der Waals surface area (Å²) in [5, 5.41) is 11.6. The molecule has 0 spiro atoms. The molecule has 0 saturated heterocycles. The summed E-state index contributed by atoms with van der Waals surface area (Å²) in [6.45, 7) is 5.64. The number of anilines is 3. The van der Waals surface area contributed by atoms with Crippen molar-refractivity contribution in [3.8, 4) is 0 Å². The minimum atomic E-state index is -0.173. The number of para-hydroxylation sites is 2. The number of aryl methyl sites for hydroxylation is 1. The predicted molar refractivity (Wildman–Crippen MR) is 162 cm³/mol. The lowest BCUT2D eigenvalue weighted by molar-refractivity contribution is 0.934. The summed E-state index contributed by atoms with van der Waals surface area (Å²) < 4.78 is 1.91. The Bertz CT molecular complexity index is 1730. The maximum atomic E-state index is 7.94. The van der Waals surface area contributed by atoms with E-state index in [4.69, 9.17) is 10.4 Å². The molecule has 190 valence electrons. The van der Waals surface area contributed by atoms with Gasteiger partial charge in [0.15, 0.2) is 5.82 Å². The Hall–Kier alpha value is -5.30. The van der Waals surface area contributed by atoms with E-state index in [1.54, 1.807) is 12.4 Å². The van der Waals surface area contributed by atoms with Crippen molar-refractivity contribution in [3.05, 3.63) is 121 Å². The van der Waals surface area contributed by atoms with Crippen LogP contribution in [0.5, 0.6) is 0 Å². The fourth-order valence-electron chi connectivity index (χ4n) is 5.08. The molecule has 0 fully saturated rings. The summed E-state index contributed by atoms with van der Waals surface area (Å²) in [5.41, 5.74) is 8.55. The molecule has 2 aliphatic rings. The van der Waals surface area contributed by atoms with Gasteiger partial charge in [-0.3, -0.25) is 14.5 Å². The first-order valence-electron chi connectivity index (χ1n) is 12.7. The van der Waals surface area contributed by atoms with Crippen LogP contribution in [0.2, 0.25) is 0 Å². The van der Waals surface area contributed by atoms with Gasteiger partial charge >= 0.3 is 0 Å². The Kier molecular flexibility index (Phi) is 6.31. The van der Waals surface area contributed by atoms with Crippen LogP contribution in [0.4, 0.5) is 22.9 Å². The van der Waals surface area contributed by atoms with E-state index in [1.807, 2.05) is 65.2 Å². The molecule has 5 aromatic rings. The zero-order valence-electron chi connectivity index (χ0n) is 21.5. The van der Waals surface area contributed by atoms with Crippen LogP contribution in [0.1, 0.15) is 11.1 Å². The van der Waals surface area contributed by atoms with Crippen molar-refractivity contribution in [1.29, 1.82) is 5.41 Å². The highest BCUT2D eigenvalue weighted by Crippen LogP contribution is 2.47. The van der Waals surface area contributed by atoms with Crippen LogP contribution in [-0.4, -0.2) is 34.4 Å². The number of hydrogen-bond acceptors (Lipinski definition) is 6. The van der Waals surface area contributed by atoms with Crippen LogP contribution in [0.15, 0.2) is 119 Å². The van der Waals surface area contributed by atoms with Gasteiger partial charge in [0.25, 0.3) is 0 Å². The van der Waals surface area contributed by atoms with Crippen LogP contribution >= 0.6 is 0 Å². The lowest BCUT2D eigenvalue weighted by Gasteiger charge is -2.30. The maximum Gasteiger partial charge on any atom is 0.164 e. The van der Waals surface area contributed by atoms with E-state index in [0.29, 0.717) is 11.5 Å². The van der Waals surface area contributed by atoms with Crippen LogP contribution in [-0.2, 0) is 0 Å². The number of rotatable bonds is 4. The van der Waals surface area contributed by atoms with Crippen LogP contribution in [0, 0.1) is 12.3 Å². The van der Waals surface area contributed by atoms with Gasteiger partial charge in [0.2, 0.25) is 0 Å². The standard InChI is InChI=1S/C25H19N7.C7H8/c1-27-15-17(14-26)32-20-12-7-13-28-22(20)23-25(32)29-21-18-10-5-6-11-19(18)31(24(21)30-23)16-8-3-2-4-9-16;1-7-5-3-2-4-6-7/h2-15,24,26,30H,1H2;2-6H,1H3/b17-15+,26-14?;. The lowest BCUT2D eigenvalue weighted by Crippen LogP contribution is -2.40. The van der Waals surface area contributed by atoms with Gasteiger partial charge in [-0.2, -0.15) is 0 Å². The summed E-state index contributed by atoms with van der Waals surface area (Å²) in [5.74, 6) is 0.702. The van der Waals surface area contributed by atoms with Gasteiger partial charge in [0.05, 0.1) is 28.8 Å². The fraction of sp³-hybridized carbons (Fsp3) is 0.0625. The van der Waals surface area contributed by atoms with E-state index < -0.39 is 0 Å². The molecule has 2 aliphatic heterocycles. The third-order valence-corrected chi connectivity index (χ3v) is 6.77. The normalized spacial score (nSPS) is 15.2. The first-order chi connectivity index (χ1) is 19.2. The Morgan fingerprint density at radius 3 is 2.36 bits per heavy atom. The van der Waals surface area contributed by atoms with Crippen molar-refractivity contribution in [2.75, 3.05) is 10.2 Å². The summed E-state index contributed by atoms with van der Waals surface area (Å²) >= 11 is 0. The monoisotopic (exact) mass is 509 g/mol. The van der Waals surface area contributed by atoms with Gasteiger partial charge in [0, 0.05) is 23.7 Å². The molecule has 4 heterocycles. The molecule has 0 radical (unpaired) electrons. The zero-order valence-corrected chi connectivity index (χ0v) is 21.5. The van der Waals surface area contributed by atoms with Gasteiger partial charge in [-0.25, -0.2) is 4.99 Å². The number of allylic oxidation sites excluding steroid dienone is 1. The van der Waals surface area contributed by atoms with E-state index in [2.05, 4.69) is 70.2 Å². The van der Waals surface area contributed by atoms with Crippen LogP contribution in [0.25, 0.3) is 16.7 Å². The molecule has 2 N–H and O–H groups in total. The lowest BCUT2D eigenvalue weighted by atomic mass is 10.1. The average molecular weight is 510 g/mol. The van der Waals surface area contributed by atoms with Crippen molar-refractivity contribution in [1.82, 2.24) is 9.55 Å². The third kappa shape index (κ3) is 4.20. The molecule has 0 bridgehead atoms. The molecular weight excluding hydrogens is 482 g/mol. The number of nitrogens with zero attached hydrogens (tertiary/aromatic N) is 5. The van der Waals surface area contributed by atoms with Crippen molar-refractivity contribution < 1.29 is 0 Å². The molecule has 2 aromatic heterocycles. The SMILES string of the molecule is C=N/C=C(\C=N)n1c2c(c3ncccc31)NC1C(=N2)c2ccccc2N1c1ccccc1.Cc1ccccc1. The summed E-state index contributed by atoms with van der Waals surface area (Å²) in [7, 11) is 0. The van der Waals surface area contributed by atoms with E-state index in [9.17, 15) is 0 Å². The fourth-order valence-corrected chi connectivity index (χ4v) is 5.08. The Morgan fingerprint density at radius 2 is 1.67 bits per heavy atom. The van der Waals surface area contributed by atoms with Crippen molar-refractivity contribution in [2.24, 2.45) is 9.98 Å². The van der Waals surface area contributed by atoms with E-state index in [0.717, 1.165) is 39.4 Å². The topological polar surface area (TPSA) is 81.7 Å². The second-order valence-electron chi connectivity index (χ2n) is 9.21. The van der Waals surface area contributed by atoms with Gasteiger partial charge in [0.1, 0.15) is 17.4 Å². The highest BCUT2D eigenvalue weighted by Gasteiger charge is 2.40. The first-order valence-corrected chi connectivity index (χ1v) is 12.7. The van der Waals surface area contributed by atoms with Crippen LogP contribution < -0.4 is 10.2 Å². The summed E-state index contributed by atoms with van der Waals surface area (Å²) in [6, 6.07) is 32.7.